The van der Waals surface area contributed by atoms with Crippen molar-refractivity contribution in [1.82, 2.24) is 0 Å². The van der Waals surface area contributed by atoms with E-state index < -0.39 is 0 Å². The van der Waals surface area contributed by atoms with Gasteiger partial charge < -0.3 is 16.2 Å². The van der Waals surface area contributed by atoms with E-state index in [1.54, 1.807) is 18.2 Å². The number of nitrogens with two attached hydrogens (primary N) is 1. The van der Waals surface area contributed by atoms with E-state index in [1.807, 2.05) is 6.92 Å². The zero-order valence-corrected chi connectivity index (χ0v) is 8.88. The van der Waals surface area contributed by atoms with Gasteiger partial charge in [0.05, 0.1) is 23.0 Å². The molecule has 0 radical (unpaired) electrons. The summed E-state index contributed by atoms with van der Waals surface area (Å²) < 4.78 is 0. The Hall–Kier alpha value is -0.930. The highest BCUT2D eigenvalue weighted by atomic mass is 35.5. The number of hydrogen-bond donors (Lipinski definition) is 3. The summed E-state index contributed by atoms with van der Waals surface area (Å²) in [5, 5.41) is 12.7. The predicted octanol–water partition coefficient (Wildman–Crippen LogP) is 2.10. The van der Waals surface area contributed by atoms with Crippen molar-refractivity contribution in [2.75, 3.05) is 17.7 Å². The second-order valence-corrected chi connectivity index (χ2v) is 3.54. The molecular weight excluding hydrogens is 200 g/mol. The van der Waals surface area contributed by atoms with Crippen molar-refractivity contribution in [3.63, 3.8) is 0 Å². The Balaban J connectivity index is 2.84. The molecule has 3 nitrogen and oxygen atoms in total. The van der Waals surface area contributed by atoms with E-state index in [1.165, 1.54) is 0 Å². The Bertz CT molecular complexity index is 280. The van der Waals surface area contributed by atoms with Crippen LogP contribution in [0.15, 0.2) is 18.2 Å². The molecule has 4 heteroatoms. The van der Waals surface area contributed by atoms with Crippen molar-refractivity contribution in [2.45, 2.75) is 19.4 Å². The molecule has 0 amide bonds. The largest absolute Gasteiger partial charge is 0.397 e. The average Bonchev–Trinajstić information content (AvgIpc) is 2.18. The van der Waals surface area contributed by atoms with Gasteiger partial charge in [0.15, 0.2) is 0 Å². The van der Waals surface area contributed by atoms with Gasteiger partial charge in [0.25, 0.3) is 0 Å². The van der Waals surface area contributed by atoms with Crippen LogP contribution in [0.25, 0.3) is 0 Å². The number of aliphatic hydroxyl groups is 1. The number of aliphatic hydroxyl groups excluding tert-OH is 1. The molecule has 0 aliphatic rings. The van der Waals surface area contributed by atoms with Gasteiger partial charge in [0.2, 0.25) is 0 Å². The molecule has 1 aromatic carbocycles. The van der Waals surface area contributed by atoms with Gasteiger partial charge in [0, 0.05) is 6.04 Å². The standard InChI is InChI=1S/C10H15ClN2O/c1-2-7(6-14)13-10-8(11)4-3-5-9(10)12/h3-5,7,13-14H,2,6,12H2,1H3. The fraction of sp³-hybridized carbons (Fsp3) is 0.400. The van der Waals surface area contributed by atoms with Gasteiger partial charge in [-0.1, -0.05) is 24.6 Å². The van der Waals surface area contributed by atoms with Gasteiger partial charge in [-0.3, -0.25) is 0 Å². The Kier molecular flexibility index (Phi) is 4.04. The van der Waals surface area contributed by atoms with Gasteiger partial charge >= 0.3 is 0 Å². The summed E-state index contributed by atoms with van der Waals surface area (Å²) >= 11 is 5.96. The lowest BCUT2D eigenvalue weighted by Crippen LogP contribution is -2.23. The summed E-state index contributed by atoms with van der Waals surface area (Å²) in [4.78, 5) is 0. The van der Waals surface area contributed by atoms with Crippen molar-refractivity contribution in [1.29, 1.82) is 0 Å². The van der Waals surface area contributed by atoms with E-state index in [2.05, 4.69) is 5.32 Å². The van der Waals surface area contributed by atoms with Crippen LogP contribution in [0.2, 0.25) is 5.02 Å². The molecule has 0 aliphatic heterocycles. The number of benzene rings is 1. The Labute approximate surface area is 88.9 Å². The second kappa shape index (κ2) is 5.08. The smallest absolute Gasteiger partial charge is 0.0766 e. The van der Waals surface area contributed by atoms with Crippen molar-refractivity contribution < 1.29 is 5.11 Å². The van der Waals surface area contributed by atoms with Crippen molar-refractivity contribution in [3.05, 3.63) is 23.2 Å². The molecule has 0 saturated heterocycles. The maximum Gasteiger partial charge on any atom is 0.0766 e. The molecule has 0 bridgehead atoms. The van der Waals surface area contributed by atoms with Crippen LogP contribution in [-0.2, 0) is 0 Å². The maximum atomic E-state index is 9.02. The molecule has 0 heterocycles. The van der Waals surface area contributed by atoms with Crippen molar-refractivity contribution >= 4 is 23.0 Å². The van der Waals surface area contributed by atoms with Crippen LogP contribution in [-0.4, -0.2) is 17.8 Å². The number of hydrogen-bond acceptors (Lipinski definition) is 3. The van der Waals surface area contributed by atoms with E-state index in [0.29, 0.717) is 16.4 Å². The summed E-state index contributed by atoms with van der Waals surface area (Å²) in [6, 6.07) is 5.34. The molecule has 0 fully saturated rings. The third-order valence-corrected chi connectivity index (χ3v) is 2.42. The first kappa shape index (κ1) is 11.1. The van der Waals surface area contributed by atoms with Gasteiger partial charge in [-0.25, -0.2) is 0 Å². The maximum absolute atomic E-state index is 9.02. The molecule has 0 aromatic heterocycles. The first-order chi connectivity index (χ1) is 6.69. The van der Waals surface area contributed by atoms with Crippen LogP contribution in [0.4, 0.5) is 11.4 Å². The molecule has 1 aromatic rings. The quantitative estimate of drug-likeness (QED) is 0.673. The molecule has 14 heavy (non-hydrogen) atoms. The molecule has 1 unspecified atom stereocenters. The lowest BCUT2D eigenvalue weighted by Gasteiger charge is -2.18. The Morgan fingerprint density at radius 1 is 1.57 bits per heavy atom. The summed E-state index contributed by atoms with van der Waals surface area (Å²) in [6.07, 6.45) is 0.821. The second-order valence-electron chi connectivity index (χ2n) is 3.14. The highest BCUT2D eigenvalue weighted by molar-refractivity contribution is 6.33. The van der Waals surface area contributed by atoms with Gasteiger partial charge in [-0.15, -0.1) is 0 Å². The number of para-hydroxylation sites is 1. The lowest BCUT2D eigenvalue weighted by atomic mass is 10.2. The minimum Gasteiger partial charge on any atom is -0.397 e. The fourth-order valence-corrected chi connectivity index (χ4v) is 1.41. The molecule has 78 valence electrons. The van der Waals surface area contributed by atoms with Crippen LogP contribution < -0.4 is 11.1 Å². The monoisotopic (exact) mass is 214 g/mol. The molecule has 1 atom stereocenters. The number of anilines is 2. The average molecular weight is 215 g/mol. The molecule has 4 N–H and O–H groups in total. The van der Waals surface area contributed by atoms with Crippen molar-refractivity contribution in [2.24, 2.45) is 0 Å². The highest BCUT2D eigenvalue weighted by Crippen LogP contribution is 2.28. The first-order valence-corrected chi connectivity index (χ1v) is 4.98. The van der Waals surface area contributed by atoms with Gasteiger partial charge in [-0.05, 0) is 18.6 Å². The van der Waals surface area contributed by atoms with Crippen LogP contribution in [0, 0.1) is 0 Å². The summed E-state index contributed by atoms with van der Waals surface area (Å²) in [5.74, 6) is 0. The first-order valence-electron chi connectivity index (χ1n) is 4.60. The predicted molar refractivity (Wildman–Crippen MR) is 60.7 cm³/mol. The molecular formula is C10H15ClN2O. The Morgan fingerprint density at radius 3 is 2.79 bits per heavy atom. The molecule has 0 spiro atoms. The van der Waals surface area contributed by atoms with E-state index in [9.17, 15) is 0 Å². The number of rotatable bonds is 4. The van der Waals surface area contributed by atoms with Crippen molar-refractivity contribution in [3.8, 4) is 0 Å². The zero-order chi connectivity index (χ0) is 10.6. The fourth-order valence-electron chi connectivity index (χ4n) is 1.17. The molecule has 0 aliphatic carbocycles. The van der Waals surface area contributed by atoms with Crippen LogP contribution >= 0.6 is 11.6 Å². The zero-order valence-electron chi connectivity index (χ0n) is 8.13. The highest BCUT2D eigenvalue weighted by Gasteiger charge is 2.09. The molecule has 0 saturated carbocycles. The van der Waals surface area contributed by atoms with E-state index >= 15 is 0 Å². The third-order valence-electron chi connectivity index (χ3n) is 2.11. The van der Waals surface area contributed by atoms with Crippen LogP contribution in [0.5, 0.6) is 0 Å². The van der Waals surface area contributed by atoms with Gasteiger partial charge in [-0.2, -0.15) is 0 Å². The van der Waals surface area contributed by atoms with E-state index in [4.69, 9.17) is 22.4 Å². The SMILES string of the molecule is CCC(CO)Nc1c(N)cccc1Cl. The normalized spacial score (nSPS) is 12.5. The topological polar surface area (TPSA) is 58.3 Å². The van der Waals surface area contributed by atoms with Crippen LogP contribution in [0.3, 0.4) is 0 Å². The number of nitrogen functional groups attached to an aromatic ring is 1. The van der Waals surface area contributed by atoms with Gasteiger partial charge in [0.1, 0.15) is 0 Å². The minimum absolute atomic E-state index is 0.00259. The Morgan fingerprint density at radius 2 is 2.29 bits per heavy atom. The number of halogens is 1. The minimum atomic E-state index is -0.00259. The summed E-state index contributed by atoms with van der Waals surface area (Å²) in [6.45, 7) is 2.06. The third kappa shape index (κ3) is 2.53. The summed E-state index contributed by atoms with van der Waals surface area (Å²) in [7, 11) is 0. The van der Waals surface area contributed by atoms with Crippen LogP contribution in [0.1, 0.15) is 13.3 Å². The van der Waals surface area contributed by atoms with E-state index in [-0.39, 0.29) is 12.6 Å². The number of nitrogens with one attached hydrogen (secondary N) is 1. The summed E-state index contributed by atoms with van der Waals surface area (Å²) in [5.41, 5.74) is 7.06. The van der Waals surface area contributed by atoms with E-state index in [0.717, 1.165) is 6.42 Å². The lowest BCUT2D eigenvalue weighted by molar-refractivity contribution is 0.272. The molecule has 1 rings (SSSR count).